The molecule has 2 heterocycles. The van der Waals surface area contributed by atoms with Crippen LogP contribution in [0.4, 0.5) is 0 Å². The van der Waals surface area contributed by atoms with Gasteiger partial charge < -0.3 is 9.72 Å². The number of nitrogens with zero attached hydrogens (tertiary/aromatic N) is 1. The van der Waals surface area contributed by atoms with Crippen molar-refractivity contribution >= 4 is 28.6 Å². The highest BCUT2D eigenvalue weighted by Gasteiger charge is 2.18. The van der Waals surface area contributed by atoms with E-state index in [2.05, 4.69) is 14.7 Å². The molecular formula is C9H7ClN2O2. The van der Waals surface area contributed by atoms with Crippen LogP contribution in [0.2, 0.25) is 5.15 Å². The minimum Gasteiger partial charge on any atom is -0.465 e. The normalized spacial score (nSPS) is 10.4. The van der Waals surface area contributed by atoms with Crippen molar-refractivity contribution in [3.63, 3.8) is 0 Å². The first-order chi connectivity index (χ1) is 6.74. The first-order valence-electron chi connectivity index (χ1n) is 3.94. The van der Waals surface area contributed by atoms with Crippen LogP contribution in [0.3, 0.4) is 0 Å². The van der Waals surface area contributed by atoms with Crippen LogP contribution in [0.1, 0.15) is 10.4 Å². The lowest BCUT2D eigenvalue weighted by Crippen LogP contribution is -2.01. The third kappa shape index (κ3) is 1.24. The van der Waals surface area contributed by atoms with Crippen molar-refractivity contribution in [1.82, 2.24) is 9.97 Å². The summed E-state index contributed by atoms with van der Waals surface area (Å²) in [6.07, 6.45) is 1.60. The molecule has 0 atom stereocenters. The molecule has 2 aromatic heterocycles. The predicted octanol–water partition coefficient (Wildman–Crippen LogP) is 2.00. The lowest BCUT2D eigenvalue weighted by atomic mass is 10.3. The van der Waals surface area contributed by atoms with Gasteiger partial charge in [0, 0.05) is 6.20 Å². The second-order valence-electron chi connectivity index (χ2n) is 2.71. The van der Waals surface area contributed by atoms with Gasteiger partial charge in [-0.25, -0.2) is 4.79 Å². The van der Waals surface area contributed by atoms with Crippen LogP contribution >= 0.6 is 11.6 Å². The van der Waals surface area contributed by atoms with Gasteiger partial charge in [0.1, 0.15) is 16.2 Å². The Hall–Kier alpha value is -1.55. The molecule has 5 heteroatoms. The van der Waals surface area contributed by atoms with E-state index < -0.39 is 5.97 Å². The van der Waals surface area contributed by atoms with Gasteiger partial charge in [0.2, 0.25) is 0 Å². The van der Waals surface area contributed by atoms with Crippen LogP contribution in [-0.2, 0) is 4.74 Å². The van der Waals surface area contributed by atoms with Gasteiger partial charge in [-0.1, -0.05) is 11.6 Å². The van der Waals surface area contributed by atoms with Gasteiger partial charge in [-0.3, -0.25) is 4.98 Å². The lowest BCUT2D eigenvalue weighted by molar-refractivity contribution is 0.0603. The molecule has 72 valence electrons. The zero-order chi connectivity index (χ0) is 10.1. The Kier molecular flexibility index (Phi) is 2.13. The summed E-state index contributed by atoms with van der Waals surface area (Å²) in [6.45, 7) is 0. The first kappa shape index (κ1) is 9.02. The average molecular weight is 211 g/mol. The summed E-state index contributed by atoms with van der Waals surface area (Å²) in [5, 5.41) is 0.255. The van der Waals surface area contributed by atoms with Crippen molar-refractivity contribution in [3.8, 4) is 0 Å². The van der Waals surface area contributed by atoms with E-state index >= 15 is 0 Å². The van der Waals surface area contributed by atoms with Gasteiger partial charge >= 0.3 is 5.97 Å². The van der Waals surface area contributed by atoms with Crippen molar-refractivity contribution in [2.45, 2.75) is 0 Å². The summed E-state index contributed by atoms with van der Waals surface area (Å²) in [5.41, 5.74) is 1.53. The maximum absolute atomic E-state index is 11.3. The van der Waals surface area contributed by atoms with Gasteiger partial charge in [0.25, 0.3) is 0 Å². The molecule has 0 aromatic carbocycles. The van der Waals surface area contributed by atoms with E-state index in [-0.39, 0.29) is 10.7 Å². The number of hydrogen-bond donors (Lipinski definition) is 1. The van der Waals surface area contributed by atoms with E-state index in [0.29, 0.717) is 5.52 Å². The Balaban J connectivity index is 2.74. The maximum Gasteiger partial charge on any atom is 0.343 e. The van der Waals surface area contributed by atoms with Crippen LogP contribution in [0.15, 0.2) is 18.3 Å². The topological polar surface area (TPSA) is 55.0 Å². The Morgan fingerprint density at radius 2 is 2.43 bits per heavy atom. The monoisotopic (exact) mass is 210 g/mol. The predicted molar refractivity (Wildman–Crippen MR) is 52.4 cm³/mol. The quantitative estimate of drug-likeness (QED) is 0.733. The average Bonchev–Trinajstić information content (AvgIpc) is 2.53. The third-order valence-corrected chi connectivity index (χ3v) is 2.18. The summed E-state index contributed by atoms with van der Waals surface area (Å²) in [7, 11) is 1.31. The molecule has 0 unspecified atom stereocenters. The van der Waals surface area contributed by atoms with E-state index in [1.165, 1.54) is 7.11 Å². The number of ether oxygens (including phenoxy) is 1. The summed E-state index contributed by atoms with van der Waals surface area (Å²) in [6, 6.07) is 3.55. The minimum absolute atomic E-state index is 0.255. The highest BCUT2D eigenvalue weighted by molar-refractivity contribution is 6.34. The number of aromatic amines is 1. The van der Waals surface area contributed by atoms with Crippen molar-refractivity contribution < 1.29 is 9.53 Å². The fourth-order valence-corrected chi connectivity index (χ4v) is 1.55. The van der Waals surface area contributed by atoms with E-state index in [1.807, 2.05) is 0 Å². The van der Waals surface area contributed by atoms with E-state index in [4.69, 9.17) is 11.6 Å². The molecule has 0 aliphatic heterocycles. The van der Waals surface area contributed by atoms with Crippen LogP contribution in [0.25, 0.3) is 11.0 Å². The zero-order valence-electron chi connectivity index (χ0n) is 7.37. The number of hydrogen-bond acceptors (Lipinski definition) is 3. The third-order valence-electron chi connectivity index (χ3n) is 1.90. The zero-order valence-corrected chi connectivity index (χ0v) is 8.13. The largest absolute Gasteiger partial charge is 0.465 e. The van der Waals surface area contributed by atoms with Gasteiger partial charge in [-0.05, 0) is 12.1 Å². The van der Waals surface area contributed by atoms with Gasteiger partial charge in [-0.2, -0.15) is 0 Å². The molecule has 1 N–H and O–H groups in total. The number of carbonyl (C=O) groups is 1. The summed E-state index contributed by atoms with van der Waals surface area (Å²) in [5.74, 6) is -0.486. The Morgan fingerprint density at radius 3 is 3.14 bits per heavy atom. The second kappa shape index (κ2) is 3.31. The molecule has 0 aliphatic carbocycles. The highest BCUT2D eigenvalue weighted by Crippen LogP contribution is 2.24. The minimum atomic E-state index is -0.486. The Bertz CT molecular complexity index is 493. The molecule has 2 rings (SSSR count). The van der Waals surface area contributed by atoms with E-state index in [1.54, 1.807) is 18.3 Å². The standard InChI is InChI=1S/C9H7ClN2O2/c1-14-9(13)6-7-5(12-8(6)10)3-2-4-11-7/h2-4,12H,1H3. The number of fused-ring (bicyclic) bond motifs is 1. The number of nitrogens with one attached hydrogen (secondary N) is 1. The number of esters is 1. The van der Waals surface area contributed by atoms with Crippen molar-refractivity contribution in [2.75, 3.05) is 7.11 Å². The van der Waals surface area contributed by atoms with Crippen LogP contribution in [0.5, 0.6) is 0 Å². The molecule has 14 heavy (non-hydrogen) atoms. The summed E-state index contributed by atoms with van der Waals surface area (Å²) >= 11 is 5.84. The Labute approximate surface area is 84.9 Å². The van der Waals surface area contributed by atoms with Crippen molar-refractivity contribution in [3.05, 3.63) is 29.0 Å². The number of rotatable bonds is 1. The molecule has 0 bridgehead atoms. The van der Waals surface area contributed by atoms with Crippen LogP contribution in [-0.4, -0.2) is 23.0 Å². The van der Waals surface area contributed by atoms with E-state index in [0.717, 1.165) is 5.52 Å². The fraction of sp³-hybridized carbons (Fsp3) is 0.111. The number of methoxy groups -OCH3 is 1. The summed E-state index contributed by atoms with van der Waals surface area (Å²) in [4.78, 5) is 18.2. The molecular weight excluding hydrogens is 204 g/mol. The maximum atomic E-state index is 11.3. The molecule has 0 saturated heterocycles. The number of halogens is 1. The second-order valence-corrected chi connectivity index (χ2v) is 3.08. The van der Waals surface area contributed by atoms with Gasteiger partial charge in [-0.15, -0.1) is 0 Å². The van der Waals surface area contributed by atoms with Crippen LogP contribution in [0, 0.1) is 0 Å². The SMILES string of the molecule is COC(=O)c1c(Cl)[nH]c2cccnc12. The molecule has 0 fully saturated rings. The fourth-order valence-electron chi connectivity index (χ4n) is 1.28. The molecule has 0 radical (unpaired) electrons. The van der Waals surface area contributed by atoms with Crippen LogP contribution < -0.4 is 0 Å². The molecule has 0 saturated carbocycles. The molecule has 0 aliphatic rings. The molecule has 0 amide bonds. The van der Waals surface area contributed by atoms with Gasteiger partial charge in [0.15, 0.2) is 0 Å². The van der Waals surface area contributed by atoms with Crippen molar-refractivity contribution in [1.29, 1.82) is 0 Å². The van der Waals surface area contributed by atoms with E-state index in [9.17, 15) is 4.79 Å². The molecule has 0 spiro atoms. The van der Waals surface area contributed by atoms with Crippen molar-refractivity contribution in [2.24, 2.45) is 0 Å². The number of carbonyl (C=O) groups excluding carboxylic acids is 1. The lowest BCUT2D eigenvalue weighted by Gasteiger charge is -1.95. The number of pyridine rings is 1. The smallest absolute Gasteiger partial charge is 0.343 e. The molecule has 4 nitrogen and oxygen atoms in total. The Morgan fingerprint density at radius 1 is 1.64 bits per heavy atom. The summed E-state index contributed by atoms with van der Waals surface area (Å²) < 4.78 is 4.60. The molecule has 2 aromatic rings. The number of aromatic nitrogens is 2. The number of H-pyrrole nitrogens is 1. The first-order valence-corrected chi connectivity index (χ1v) is 4.32. The van der Waals surface area contributed by atoms with Gasteiger partial charge in [0.05, 0.1) is 12.6 Å². The highest BCUT2D eigenvalue weighted by atomic mass is 35.5.